The lowest BCUT2D eigenvalue weighted by molar-refractivity contribution is -0.0549. The number of rotatable bonds is 10. The first-order chi connectivity index (χ1) is 13.5. The van der Waals surface area contributed by atoms with E-state index in [1.807, 2.05) is 0 Å². The highest BCUT2D eigenvalue weighted by Gasteiger charge is 2.43. The maximum Gasteiger partial charge on any atom is 0.431 e. The highest BCUT2D eigenvalue weighted by atomic mass is 16.7. The second-order valence-corrected chi connectivity index (χ2v) is 6.56. The molecule has 4 atom stereocenters. The highest BCUT2D eigenvalue weighted by molar-refractivity contribution is 5.67. The fourth-order valence-electron chi connectivity index (χ4n) is 2.83. The van der Waals surface area contributed by atoms with Crippen molar-refractivity contribution >= 4 is 11.9 Å². The van der Waals surface area contributed by atoms with Gasteiger partial charge in [0.1, 0.15) is 18.3 Å². The van der Waals surface area contributed by atoms with Gasteiger partial charge in [0.2, 0.25) is 0 Å². The third-order valence-electron chi connectivity index (χ3n) is 4.42. The Labute approximate surface area is 162 Å². The van der Waals surface area contributed by atoms with Crippen molar-refractivity contribution in [3.63, 3.8) is 0 Å². The molecule has 11 heteroatoms. The number of hydrogen-bond acceptors (Lipinski definition) is 9. The summed E-state index contributed by atoms with van der Waals surface area (Å²) in [6.45, 7) is 2.12. The normalized spacial score (nSPS) is 24.1. The summed E-state index contributed by atoms with van der Waals surface area (Å²) in [5.41, 5.74) is 1.48. The zero-order chi connectivity index (χ0) is 20.5. The van der Waals surface area contributed by atoms with E-state index in [-0.39, 0.29) is 5.82 Å². The lowest BCUT2D eigenvalue weighted by Gasteiger charge is -2.17. The molecule has 5 N–H and O–H groups in total. The second kappa shape index (κ2) is 11.0. The van der Waals surface area contributed by atoms with Crippen molar-refractivity contribution in [1.29, 1.82) is 0 Å². The molecule has 1 saturated heterocycles. The topological polar surface area (TPSA) is 155 Å². The van der Waals surface area contributed by atoms with Gasteiger partial charge in [0.25, 0.3) is 0 Å². The molecule has 0 unspecified atom stereocenters. The molecule has 2 rings (SSSR count). The zero-order valence-corrected chi connectivity index (χ0v) is 15.8. The van der Waals surface area contributed by atoms with E-state index in [4.69, 9.17) is 14.7 Å². The first kappa shape index (κ1) is 22.1. The summed E-state index contributed by atoms with van der Waals surface area (Å²) in [4.78, 5) is 32.2. The SMILES string of the molecule is CCCCCCCNC(=O)ONc1ccn([C@@H]2O[C@H](CO)[C@@H](O)[C@H]2O)c(=O)n1. The van der Waals surface area contributed by atoms with E-state index in [2.05, 4.69) is 22.7 Å². The minimum Gasteiger partial charge on any atom is -0.394 e. The zero-order valence-electron chi connectivity index (χ0n) is 15.8. The number of ether oxygens (including phenoxy) is 1. The number of aliphatic hydroxyl groups is 3. The van der Waals surface area contributed by atoms with E-state index < -0.39 is 42.9 Å². The maximum atomic E-state index is 12.1. The van der Waals surface area contributed by atoms with Gasteiger partial charge in [0.15, 0.2) is 12.0 Å². The average Bonchev–Trinajstić information content (AvgIpc) is 2.97. The molecule has 2 heterocycles. The number of aliphatic hydroxyl groups excluding tert-OH is 3. The second-order valence-electron chi connectivity index (χ2n) is 6.56. The van der Waals surface area contributed by atoms with Gasteiger partial charge in [-0.2, -0.15) is 10.5 Å². The van der Waals surface area contributed by atoms with E-state index in [1.54, 1.807) is 0 Å². The lowest BCUT2D eigenvalue weighted by atomic mass is 10.1. The Bertz CT molecular complexity index is 684. The number of amides is 1. The van der Waals surface area contributed by atoms with Crippen molar-refractivity contribution in [3.8, 4) is 0 Å². The molecule has 0 aliphatic carbocycles. The van der Waals surface area contributed by atoms with Crippen molar-refractivity contribution in [2.24, 2.45) is 0 Å². The van der Waals surface area contributed by atoms with E-state index in [9.17, 15) is 19.8 Å². The molecule has 1 aliphatic heterocycles. The van der Waals surface area contributed by atoms with Gasteiger partial charge in [-0.3, -0.25) is 4.57 Å². The summed E-state index contributed by atoms with van der Waals surface area (Å²) in [6, 6.07) is 1.34. The van der Waals surface area contributed by atoms with Gasteiger partial charge in [-0.15, -0.1) is 0 Å². The van der Waals surface area contributed by atoms with Crippen molar-refractivity contribution in [2.75, 3.05) is 18.6 Å². The Morgan fingerprint density at radius 3 is 2.68 bits per heavy atom. The molecule has 1 amide bonds. The number of carbonyl (C=O) groups is 1. The molecule has 11 nitrogen and oxygen atoms in total. The Kier molecular flexibility index (Phi) is 8.64. The quantitative estimate of drug-likeness (QED) is 0.267. The van der Waals surface area contributed by atoms with Crippen LogP contribution in [0.3, 0.4) is 0 Å². The molecular formula is C17H28N4O7. The van der Waals surface area contributed by atoms with Crippen LogP contribution in [0.1, 0.15) is 45.3 Å². The monoisotopic (exact) mass is 400 g/mol. The Balaban J connectivity index is 1.81. The number of nitrogens with zero attached hydrogens (tertiary/aromatic N) is 2. The largest absolute Gasteiger partial charge is 0.431 e. The van der Waals surface area contributed by atoms with Crippen LogP contribution < -0.4 is 16.5 Å². The van der Waals surface area contributed by atoms with E-state index in [0.717, 1.165) is 30.3 Å². The molecule has 1 aliphatic rings. The van der Waals surface area contributed by atoms with Gasteiger partial charge in [-0.1, -0.05) is 32.6 Å². The smallest absolute Gasteiger partial charge is 0.394 e. The Morgan fingerprint density at radius 1 is 1.29 bits per heavy atom. The van der Waals surface area contributed by atoms with Crippen LogP contribution in [0.25, 0.3) is 0 Å². The van der Waals surface area contributed by atoms with Crippen LogP contribution in [-0.2, 0) is 9.57 Å². The van der Waals surface area contributed by atoms with E-state index >= 15 is 0 Å². The van der Waals surface area contributed by atoms with Gasteiger partial charge >= 0.3 is 11.8 Å². The molecule has 0 spiro atoms. The molecule has 0 saturated carbocycles. The molecule has 0 radical (unpaired) electrons. The molecule has 28 heavy (non-hydrogen) atoms. The van der Waals surface area contributed by atoms with Crippen molar-refractivity contribution in [3.05, 3.63) is 22.7 Å². The molecule has 1 aromatic rings. The minimum atomic E-state index is -1.39. The third kappa shape index (κ3) is 5.89. The predicted octanol–water partition coefficient (Wildman–Crippen LogP) is -0.122. The number of unbranched alkanes of at least 4 members (excludes halogenated alkanes) is 4. The van der Waals surface area contributed by atoms with Crippen molar-refractivity contribution in [2.45, 2.75) is 63.6 Å². The number of hydrogen-bond donors (Lipinski definition) is 5. The summed E-state index contributed by atoms with van der Waals surface area (Å²) in [7, 11) is 0. The number of nitrogens with one attached hydrogen (secondary N) is 2. The summed E-state index contributed by atoms with van der Waals surface area (Å²) in [6.07, 6.45) is 1.01. The van der Waals surface area contributed by atoms with Crippen LogP contribution in [0, 0.1) is 0 Å². The first-order valence-corrected chi connectivity index (χ1v) is 9.40. The van der Waals surface area contributed by atoms with Crippen molar-refractivity contribution in [1.82, 2.24) is 14.9 Å². The van der Waals surface area contributed by atoms with Gasteiger partial charge in [-0.05, 0) is 6.42 Å². The Hall–Kier alpha value is -2.21. The van der Waals surface area contributed by atoms with Crippen molar-refractivity contribution < 1.29 is 29.7 Å². The number of anilines is 1. The molecule has 0 bridgehead atoms. The van der Waals surface area contributed by atoms with Crippen LogP contribution in [-0.4, -0.2) is 62.4 Å². The molecule has 1 fully saturated rings. The van der Waals surface area contributed by atoms with Gasteiger partial charge in [-0.25, -0.2) is 9.59 Å². The summed E-state index contributed by atoms with van der Waals surface area (Å²) >= 11 is 0. The minimum absolute atomic E-state index is 0.00825. The molecule has 158 valence electrons. The van der Waals surface area contributed by atoms with E-state index in [1.165, 1.54) is 18.7 Å². The fourth-order valence-corrected chi connectivity index (χ4v) is 2.83. The van der Waals surface area contributed by atoms with Gasteiger partial charge in [0, 0.05) is 18.8 Å². The van der Waals surface area contributed by atoms with Crippen LogP contribution >= 0.6 is 0 Å². The van der Waals surface area contributed by atoms with Crippen LogP contribution in [0.5, 0.6) is 0 Å². The number of carbonyl (C=O) groups excluding carboxylic acids is 1. The fraction of sp³-hybridized carbons (Fsp3) is 0.706. The standard InChI is InChI=1S/C17H28N4O7/c1-2-3-4-5-6-8-18-17(26)28-20-12-7-9-21(16(25)19-12)15-14(24)13(23)11(10-22)27-15/h7,9,11,13-15,22-24H,2-6,8,10H2,1H3,(H,18,26)(H,19,20,25)/t11-,13-,14-,15-/m1/s1. The summed E-state index contributed by atoms with van der Waals surface area (Å²) in [5, 5.41) is 31.4. The molecule has 1 aromatic heterocycles. The van der Waals surface area contributed by atoms with Crippen LogP contribution in [0.2, 0.25) is 0 Å². The lowest BCUT2D eigenvalue weighted by Crippen LogP contribution is -2.36. The summed E-state index contributed by atoms with van der Waals surface area (Å²) in [5.74, 6) is -0.00825. The van der Waals surface area contributed by atoms with E-state index in [0.29, 0.717) is 6.54 Å². The first-order valence-electron chi connectivity index (χ1n) is 9.40. The molecule has 0 aromatic carbocycles. The number of aromatic nitrogens is 2. The molecular weight excluding hydrogens is 372 g/mol. The Morgan fingerprint density at radius 2 is 2.04 bits per heavy atom. The maximum absolute atomic E-state index is 12.1. The van der Waals surface area contributed by atoms with Gasteiger partial charge in [0.05, 0.1) is 6.61 Å². The predicted molar refractivity (Wildman–Crippen MR) is 98.4 cm³/mol. The third-order valence-corrected chi connectivity index (χ3v) is 4.42. The average molecular weight is 400 g/mol. The highest BCUT2D eigenvalue weighted by Crippen LogP contribution is 2.28. The summed E-state index contributed by atoms with van der Waals surface area (Å²) < 4.78 is 6.25. The van der Waals surface area contributed by atoms with Crippen LogP contribution in [0.4, 0.5) is 10.6 Å². The van der Waals surface area contributed by atoms with Gasteiger partial charge < -0.3 is 30.2 Å². The van der Waals surface area contributed by atoms with Crippen LogP contribution in [0.15, 0.2) is 17.1 Å².